The van der Waals surface area contributed by atoms with E-state index in [1.165, 1.54) is 6.21 Å². The number of imide groups is 1. The number of carbonyl (C=O) groups is 2. The summed E-state index contributed by atoms with van der Waals surface area (Å²) in [7, 11) is 0. The second kappa shape index (κ2) is 8.23. The quantitative estimate of drug-likeness (QED) is 0.333. The summed E-state index contributed by atoms with van der Waals surface area (Å²) in [5.74, 6) is 0.849. The van der Waals surface area contributed by atoms with Gasteiger partial charge in [-0.1, -0.05) is 43.3 Å². The summed E-state index contributed by atoms with van der Waals surface area (Å²) < 4.78 is 7.80. The van der Waals surface area contributed by atoms with E-state index >= 15 is 0 Å². The molecule has 2 fully saturated rings. The standard InChI is InChI=1S/C27H25N5O3/c1-18-11-13-27(14-12-18)25(33)32(26(34)29-27)28-16-20-17-31(21-8-3-2-4-9-21)30-24(20)23-15-19-7-5-6-10-22(19)35-23/h2-10,15-18H,11-14H2,1H3,(H,29,34)/b28-16+. The third-order valence-corrected chi connectivity index (χ3v) is 7.00. The number of nitrogens with one attached hydrogen (secondary N) is 1. The maximum atomic E-state index is 13.2. The number of fused-ring (bicyclic) bond motifs is 1. The van der Waals surface area contributed by atoms with Crippen LogP contribution < -0.4 is 5.32 Å². The van der Waals surface area contributed by atoms with Crippen LogP contribution in [0.15, 0.2) is 76.4 Å². The Morgan fingerprint density at radius 1 is 1.09 bits per heavy atom. The van der Waals surface area contributed by atoms with Crippen molar-refractivity contribution in [2.45, 2.75) is 38.1 Å². The predicted octanol–water partition coefficient (Wildman–Crippen LogP) is 5.12. The molecule has 0 unspecified atom stereocenters. The van der Waals surface area contributed by atoms with Gasteiger partial charge in [0.05, 0.1) is 11.9 Å². The lowest BCUT2D eigenvalue weighted by molar-refractivity contribution is -0.132. The van der Waals surface area contributed by atoms with Crippen molar-refractivity contribution < 1.29 is 14.0 Å². The van der Waals surface area contributed by atoms with Crippen molar-refractivity contribution in [3.63, 3.8) is 0 Å². The maximum absolute atomic E-state index is 13.2. The molecule has 1 saturated carbocycles. The van der Waals surface area contributed by atoms with E-state index in [0.717, 1.165) is 34.5 Å². The second-order valence-electron chi connectivity index (χ2n) is 9.42. The summed E-state index contributed by atoms with van der Waals surface area (Å²) in [5, 5.41) is 13.9. The molecule has 2 aliphatic rings. The summed E-state index contributed by atoms with van der Waals surface area (Å²) in [5.41, 5.74) is 1.99. The zero-order valence-corrected chi connectivity index (χ0v) is 19.3. The van der Waals surface area contributed by atoms with Gasteiger partial charge >= 0.3 is 6.03 Å². The number of amides is 3. The first-order valence-electron chi connectivity index (χ1n) is 11.9. The van der Waals surface area contributed by atoms with E-state index in [1.54, 1.807) is 4.68 Å². The van der Waals surface area contributed by atoms with Crippen molar-refractivity contribution in [2.75, 3.05) is 0 Å². The number of aromatic nitrogens is 2. The number of carbonyl (C=O) groups excluding carboxylic acids is 2. The summed E-state index contributed by atoms with van der Waals surface area (Å²) in [6.07, 6.45) is 6.42. The highest BCUT2D eigenvalue weighted by atomic mass is 16.3. The average molecular weight is 468 g/mol. The third-order valence-electron chi connectivity index (χ3n) is 7.00. The molecule has 176 valence electrons. The molecule has 8 nitrogen and oxygen atoms in total. The van der Waals surface area contributed by atoms with Gasteiger partial charge in [-0.2, -0.15) is 10.2 Å². The van der Waals surface area contributed by atoms with Gasteiger partial charge in [0, 0.05) is 17.1 Å². The summed E-state index contributed by atoms with van der Waals surface area (Å²) >= 11 is 0. The number of rotatable bonds is 4. The molecule has 1 aliphatic carbocycles. The molecule has 35 heavy (non-hydrogen) atoms. The van der Waals surface area contributed by atoms with E-state index < -0.39 is 11.6 Å². The minimum absolute atomic E-state index is 0.286. The minimum atomic E-state index is -0.837. The zero-order valence-electron chi connectivity index (χ0n) is 19.3. The second-order valence-corrected chi connectivity index (χ2v) is 9.42. The molecule has 6 rings (SSSR count). The average Bonchev–Trinajstić information content (AvgIpc) is 3.55. The van der Waals surface area contributed by atoms with Crippen molar-refractivity contribution in [1.82, 2.24) is 20.1 Å². The Hall–Kier alpha value is -4.20. The molecule has 0 radical (unpaired) electrons. The number of hydrazone groups is 1. The van der Waals surface area contributed by atoms with Gasteiger partial charge in [0.1, 0.15) is 16.8 Å². The molecule has 1 N–H and O–H groups in total. The molecule has 3 heterocycles. The van der Waals surface area contributed by atoms with Gasteiger partial charge in [0.15, 0.2) is 5.76 Å². The minimum Gasteiger partial charge on any atom is -0.454 e. The SMILES string of the molecule is CC1CCC2(CC1)NC(=O)N(/N=C/c1cn(-c3ccccc3)nc1-c1cc3ccccc3o1)C2=O. The normalized spacial score (nSPS) is 22.5. The van der Waals surface area contributed by atoms with E-state index in [4.69, 9.17) is 9.52 Å². The summed E-state index contributed by atoms with van der Waals surface area (Å²) in [4.78, 5) is 25.9. The fraction of sp³-hybridized carbons (Fsp3) is 0.259. The molecule has 2 aromatic heterocycles. The molecular formula is C27H25N5O3. The summed E-state index contributed by atoms with van der Waals surface area (Å²) in [6.45, 7) is 2.17. The molecule has 1 aliphatic heterocycles. The highest BCUT2D eigenvalue weighted by Gasteiger charge is 2.52. The van der Waals surface area contributed by atoms with Gasteiger partial charge in [-0.05, 0) is 55.9 Å². The van der Waals surface area contributed by atoms with Crippen LogP contribution in [0, 0.1) is 5.92 Å². The lowest BCUT2D eigenvalue weighted by atomic mass is 9.77. The van der Waals surface area contributed by atoms with Gasteiger partial charge in [0.25, 0.3) is 5.91 Å². The molecule has 3 amide bonds. The van der Waals surface area contributed by atoms with Crippen LogP contribution in [0.5, 0.6) is 0 Å². The predicted molar refractivity (Wildman–Crippen MR) is 132 cm³/mol. The molecule has 4 aromatic rings. The number of nitrogens with zero attached hydrogens (tertiary/aromatic N) is 4. The van der Waals surface area contributed by atoms with Crippen molar-refractivity contribution in [3.8, 4) is 17.1 Å². The maximum Gasteiger partial charge on any atom is 0.346 e. The van der Waals surface area contributed by atoms with Crippen molar-refractivity contribution in [1.29, 1.82) is 0 Å². The Kier molecular flexibility index (Phi) is 5.02. The van der Waals surface area contributed by atoms with E-state index in [9.17, 15) is 9.59 Å². The van der Waals surface area contributed by atoms with E-state index in [0.29, 0.717) is 35.8 Å². The lowest BCUT2D eigenvalue weighted by Crippen LogP contribution is -2.49. The molecular weight excluding hydrogens is 442 g/mol. The van der Waals surface area contributed by atoms with E-state index in [-0.39, 0.29) is 5.91 Å². The Bertz CT molecular complexity index is 1410. The summed E-state index contributed by atoms with van der Waals surface area (Å²) in [6, 6.07) is 18.9. The molecule has 0 bridgehead atoms. The fourth-order valence-electron chi connectivity index (χ4n) is 4.91. The van der Waals surface area contributed by atoms with Crippen molar-refractivity contribution in [3.05, 3.63) is 72.4 Å². The first kappa shape index (κ1) is 21.3. The van der Waals surface area contributed by atoms with Crippen LogP contribution in [0.2, 0.25) is 0 Å². The number of hydrogen-bond acceptors (Lipinski definition) is 5. The van der Waals surface area contributed by atoms with Crippen LogP contribution in [0.1, 0.15) is 38.2 Å². The Morgan fingerprint density at radius 3 is 2.60 bits per heavy atom. The Balaban J connectivity index is 1.37. The van der Waals surface area contributed by atoms with Crippen LogP contribution in [0.3, 0.4) is 0 Å². The van der Waals surface area contributed by atoms with Crippen LogP contribution >= 0.6 is 0 Å². The first-order chi connectivity index (χ1) is 17.0. The van der Waals surface area contributed by atoms with Gasteiger partial charge in [-0.15, -0.1) is 5.01 Å². The molecule has 8 heteroatoms. The van der Waals surface area contributed by atoms with Crippen LogP contribution in [0.25, 0.3) is 28.1 Å². The van der Waals surface area contributed by atoms with Gasteiger partial charge < -0.3 is 9.73 Å². The van der Waals surface area contributed by atoms with E-state index in [2.05, 4.69) is 17.3 Å². The monoisotopic (exact) mass is 467 g/mol. The highest BCUT2D eigenvalue weighted by molar-refractivity contribution is 6.07. The highest BCUT2D eigenvalue weighted by Crippen LogP contribution is 2.36. The molecule has 0 atom stereocenters. The smallest absolute Gasteiger partial charge is 0.346 e. The molecule has 2 aromatic carbocycles. The Labute approximate surface area is 202 Å². The van der Waals surface area contributed by atoms with Crippen LogP contribution in [-0.4, -0.2) is 38.5 Å². The van der Waals surface area contributed by atoms with E-state index in [1.807, 2.05) is 66.9 Å². The first-order valence-corrected chi connectivity index (χ1v) is 11.9. The molecule has 1 spiro atoms. The number of urea groups is 1. The fourth-order valence-corrected chi connectivity index (χ4v) is 4.91. The van der Waals surface area contributed by atoms with Crippen molar-refractivity contribution in [2.24, 2.45) is 11.0 Å². The Morgan fingerprint density at radius 2 is 1.83 bits per heavy atom. The van der Waals surface area contributed by atoms with Crippen LogP contribution in [-0.2, 0) is 4.79 Å². The van der Waals surface area contributed by atoms with Gasteiger partial charge in [0.2, 0.25) is 0 Å². The number of hydrogen-bond donors (Lipinski definition) is 1. The number of para-hydroxylation sites is 2. The van der Waals surface area contributed by atoms with Gasteiger partial charge in [-0.3, -0.25) is 4.79 Å². The number of furan rings is 1. The third kappa shape index (κ3) is 3.71. The van der Waals surface area contributed by atoms with Crippen LogP contribution in [0.4, 0.5) is 4.79 Å². The largest absolute Gasteiger partial charge is 0.454 e. The number of benzene rings is 2. The topological polar surface area (TPSA) is 92.7 Å². The van der Waals surface area contributed by atoms with Crippen molar-refractivity contribution >= 4 is 29.1 Å². The zero-order chi connectivity index (χ0) is 24.0. The van der Waals surface area contributed by atoms with Gasteiger partial charge in [-0.25, -0.2) is 9.48 Å². The molecule has 1 saturated heterocycles. The lowest BCUT2D eigenvalue weighted by Gasteiger charge is -2.33.